The van der Waals surface area contributed by atoms with Gasteiger partial charge in [-0.1, -0.05) is 38.8 Å². The zero-order valence-corrected chi connectivity index (χ0v) is 16.5. The molecule has 1 aromatic carbocycles. The first-order chi connectivity index (χ1) is 10.5. The van der Waals surface area contributed by atoms with Crippen LogP contribution in [0.4, 0.5) is 5.69 Å². The van der Waals surface area contributed by atoms with Crippen LogP contribution < -0.4 is 0 Å². The Balaban J connectivity index is 2.63. The number of benzene rings is 1. The highest BCUT2D eigenvalue weighted by Gasteiger charge is 2.23. The molecule has 1 aromatic rings. The van der Waals surface area contributed by atoms with Crippen LogP contribution in [0, 0.1) is 25.1 Å². The van der Waals surface area contributed by atoms with Crippen molar-refractivity contribution in [1.29, 1.82) is 0 Å². The summed E-state index contributed by atoms with van der Waals surface area (Å²) in [4.78, 5) is 10.5. The fourth-order valence-corrected chi connectivity index (χ4v) is 5.46. The van der Waals surface area contributed by atoms with Crippen LogP contribution in [0.1, 0.15) is 26.3 Å². The standard InChI is InChI=1S/C16H22INO3Si/c1-4-22(5-2,6-3)12-8-11-21-13-14-9-7-10-15(16(14)17)18(19)20/h7,9-10H,4-6,11,13H2,1-3H3. The van der Waals surface area contributed by atoms with E-state index in [4.69, 9.17) is 4.74 Å². The van der Waals surface area contributed by atoms with Crippen molar-refractivity contribution in [3.05, 3.63) is 37.4 Å². The Bertz CT molecular complexity index is 568. The van der Waals surface area contributed by atoms with Crippen molar-refractivity contribution in [2.75, 3.05) is 6.61 Å². The van der Waals surface area contributed by atoms with Crippen LogP contribution in [0.15, 0.2) is 18.2 Å². The molecule has 0 spiro atoms. The highest BCUT2D eigenvalue weighted by molar-refractivity contribution is 14.1. The summed E-state index contributed by atoms with van der Waals surface area (Å²) in [5.74, 6) is 3.16. The summed E-state index contributed by atoms with van der Waals surface area (Å²) in [5.41, 5.74) is 4.43. The second-order valence-corrected chi connectivity index (χ2v) is 11.2. The maximum Gasteiger partial charge on any atom is 0.283 e. The van der Waals surface area contributed by atoms with Gasteiger partial charge in [0.25, 0.3) is 5.69 Å². The zero-order chi connectivity index (χ0) is 16.6. The molecule has 1 rings (SSSR count). The van der Waals surface area contributed by atoms with Gasteiger partial charge in [-0.15, -0.1) is 5.54 Å². The smallest absolute Gasteiger partial charge is 0.283 e. The minimum absolute atomic E-state index is 0.127. The monoisotopic (exact) mass is 431 g/mol. The molecule has 0 unspecified atom stereocenters. The second kappa shape index (κ2) is 9.28. The largest absolute Gasteiger partial charge is 0.364 e. The number of halogens is 1. The number of ether oxygens (including phenoxy) is 1. The van der Waals surface area contributed by atoms with Gasteiger partial charge in [-0.25, -0.2) is 0 Å². The first-order valence-corrected chi connectivity index (χ1v) is 11.2. The summed E-state index contributed by atoms with van der Waals surface area (Å²) in [6, 6.07) is 8.58. The average molecular weight is 431 g/mol. The van der Waals surface area contributed by atoms with Crippen molar-refractivity contribution in [3.63, 3.8) is 0 Å². The van der Waals surface area contributed by atoms with Gasteiger partial charge in [0.15, 0.2) is 0 Å². The molecule has 0 saturated heterocycles. The van der Waals surface area contributed by atoms with Gasteiger partial charge in [-0.3, -0.25) is 10.1 Å². The predicted octanol–water partition coefficient (Wildman–Crippen LogP) is 4.77. The van der Waals surface area contributed by atoms with Crippen LogP contribution in [0.25, 0.3) is 0 Å². The summed E-state index contributed by atoms with van der Waals surface area (Å²) in [5, 5.41) is 10.9. The third-order valence-electron chi connectivity index (χ3n) is 4.07. The predicted molar refractivity (Wildman–Crippen MR) is 100 cm³/mol. The van der Waals surface area contributed by atoms with Crippen LogP contribution in [0.5, 0.6) is 0 Å². The Hall–Kier alpha value is -0.913. The van der Waals surface area contributed by atoms with E-state index in [9.17, 15) is 10.1 Å². The summed E-state index contributed by atoms with van der Waals surface area (Å²) in [6.45, 7) is 7.40. The van der Waals surface area contributed by atoms with E-state index in [1.54, 1.807) is 6.07 Å². The van der Waals surface area contributed by atoms with Gasteiger partial charge in [0.2, 0.25) is 0 Å². The molecule has 0 aromatic heterocycles. The van der Waals surface area contributed by atoms with E-state index < -0.39 is 8.07 Å². The lowest BCUT2D eigenvalue weighted by atomic mass is 10.2. The van der Waals surface area contributed by atoms with Gasteiger partial charge in [-0.05, 0) is 46.3 Å². The Kier molecular flexibility index (Phi) is 8.07. The van der Waals surface area contributed by atoms with E-state index in [2.05, 4.69) is 32.2 Å². The molecule has 0 N–H and O–H groups in total. The summed E-state index contributed by atoms with van der Waals surface area (Å²) < 4.78 is 6.22. The number of hydrogen-bond donors (Lipinski definition) is 0. The molecular weight excluding hydrogens is 409 g/mol. The van der Waals surface area contributed by atoms with Gasteiger partial charge in [0.05, 0.1) is 15.1 Å². The maximum atomic E-state index is 10.9. The highest BCUT2D eigenvalue weighted by Crippen LogP contribution is 2.24. The zero-order valence-electron chi connectivity index (χ0n) is 13.3. The van der Waals surface area contributed by atoms with Crippen molar-refractivity contribution in [2.24, 2.45) is 0 Å². The molecule has 0 aliphatic carbocycles. The van der Waals surface area contributed by atoms with Gasteiger partial charge in [0, 0.05) is 6.07 Å². The molecule has 0 amide bonds. The van der Waals surface area contributed by atoms with Gasteiger partial charge in [0.1, 0.15) is 14.7 Å². The summed E-state index contributed by atoms with van der Waals surface area (Å²) in [6.07, 6.45) is 0. The van der Waals surface area contributed by atoms with Crippen molar-refractivity contribution in [3.8, 4) is 11.5 Å². The molecule has 120 valence electrons. The van der Waals surface area contributed by atoms with Crippen LogP contribution in [0.2, 0.25) is 18.1 Å². The second-order valence-electron chi connectivity index (χ2n) is 5.14. The molecule has 0 aliphatic rings. The van der Waals surface area contributed by atoms with Crippen LogP contribution >= 0.6 is 22.6 Å². The van der Waals surface area contributed by atoms with Crippen LogP contribution in [-0.4, -0.2) is 19.6 Å². The lowest BCUT2D eigenvalue weighted by Gasteiger charge is -2.20. The van der Waals surface area contributed by atoms with E-state index in [1.165, 1.54) is 24.2 Å². The van der Waals surface area contributed by atoms with Gasteiger partial charge in [-0.2, -0.15) is 0 Å². The summed E-state index contributed by atoms with van der Waals surface area (Å²) in [7, 11) is -1.41. The molecule has 0 atom stereocenters. The van der Waals surface area contributed by atoms with Crippen molar-refractivity contribution < 1.29 is 9.66 Å². The van der Waals surface area contributed by atoms with E-state index in [0.29, 0.717) is 16.8 Å². The van der Waals surface area contributed by atoms with E-state index in [1.807, 2.05) is 28.7 Å². The normalized spacial score (nSPS) is 10.9. The third kappa shape index (κ3) is 5.07. The van der Waals surface area contributed by atoms with Crippen molar-refractivity contribution in [2.45, 2.75) is 45.5 Å². The minimum atomic E-state index is -1.41. The molecule has 0 aliphatic heterocycles. The fraction of sp³-hybridized carbons (Fsp3) is 0.500. The minimum Gasteiger partial charge on any atom is -0.364 e. The topological polar surface area (TPSA) is 52.4 Å². The van der Waals surface area contributed by atoms with Crippen LogP contribution in [-0.2, 0) is 11.3 Å². The Labute approximate surface area is 146 Å². The fourth-order valence-electron chi connectivity index (χ4n) is 2.27. The molecule has 0 fully saturated rings. The molecule has 0 heterocycles. The highest BCUT2D eigenvalue weighted by atomic mass is 127. The number of hydrogen-bond acceptors (Lipinski definition) is 3. The first kappa shape index (κ1) is 19.1. The summed E-state index contributed by atoms with van der Waals surface area (Å²) >= 11 is 2.00. The number of rotatable bonds is 7. The van der Waals surface area contributed by atoms with Gasteiger partial charge < -0.3 is 4.74 Å². The maximum absolute atomic E-state index is 10.9. The number of nitro groups is 1. The quantitative estimate of drug-likeness (QED) is 0.156. The van der Waals surface area contributed by atoms with E-state index in [-0.39, 0.29) is 10.6 Å². The van der Waals surface area contributed by atoms with E-state index in [0.717, 1.165) is 5.56 Å². The third-order valence-corrected chi connectivity index (χ3v) is 10.1. The SMILES string of the molecule is CC[Si](C#CCOCc1cccc([N+](=O)[O-])c1I)(CC)CC. The molecule has 0 bridgehead atoms. The first-order valence-electron chi connectivity index (χ1n) is 7.49. The van der Waals surface area contributed by atoms with Gasteiger partial charge >= 0.3 is 0 Å². The number of nitrogens with zero attached hydrogens (tertiary/aromatic N) is 1. The molecule has 0 radical (unpaired) electrons. The van der Waals surface area contributed by atoms with Crippen molar-refractivity contribution >= 4 is 36.4 Å². The Morgan fingerprint density at radius 3 is 2.45 bits per heavy atom. The number of nitro benzene ring substituents is 1. The molecular formula is C16H22INO3Si. The molecule has 22 heavy (non-hydrogen) atoms. The molecule has 0 saturated carbocycles. The van der Waals surface area contributed by atoms with E-state index >= 15 is 0 Å². The lowest BCUT2D eigenvalue weighted by molar-refractivity contribution is -0.385. The lowest BCUT2D eigenvalue weighted by Crippen LogP contribution is -2.29. The molecule has 4 nitrogen and oxygen atoms in total. The van der Waals surface area contributed by atoms with Crippen LogP contribution in [0.3, 0.4) is 0 Å². The Morgan fingerprint density at radius 1 is 1.27 bits per heavy atom. The Morgan fingerprint density at radius 2 is 1.91 bits per heavy atom. The average Bonchev–Trinajstić information content (AvgIpc) is 2.52. The molecule has 6 heteroatoms. The van der Waals surface area contributed by atoms with Crippen molar-refractivity contribution in [1.82, 2.24) is 0 Å².